The molecule has 0 bridgehead atoms. The van der Waals surface area contributed by atoms with E-state index in [1.165, 1.54) is 20.2 Å². The van der Waals surface area contributed by atoms with E-state index < -0.39 is 0 Å². The van der Waals surface area contributed by atoms with Gasteiger partial charge in [0, 0.05) is 59.0 Å². The van der Waals surface area contributed by atoms with Gasteiger partial charge >= 0.3 is 0 Å². The van der Waals surface area contributed by atoms with Gasteiger partial charge in [-0.15, -0.1) is 11.3 Å². The molecular formula is C52H31N3O2S. The van der Waals surface area contributed by atoms with Crippen molar-refractivity contribution < 1.29 is 8.83 Å². The van der Waals surface area contributed by atoms with Crippen LogP contribution < -0.4 is 4.90 Å². The van der Waals surface area contributed by atoms with Crippen LogP contribution in [-0.2, 0) is 0 Å². The zero-order valence-corrected chi connectivity index (χ0v) is 31.8. The van der Waals surface area contributed by atoms with Crippen molar-refractivity contribution in [3.8, 4) is 33.8 Å². The summed E-state index contributed by atoms with van der Waals surface area (Å²) in [7, 11) is 0. The van der Waals surface area contributed by atoms with E-state index in [1.54, 1.807) is 0 Å². The highest BCUT2D eigenvalue weighted by Crippen LogP contribution is 2.45. The topological polar surface area (TPSA) is 55.3 Å². The number of fused-ring (bicyclic) bond motifs is 9. The lowest BCUT2D eigenvalue weighted by molar-refractivity contribution is 0.666. The summed E-state index contributed by atoms with van der Waals surface area (Å²) in [6.07, 6.45) is 0. The Kier molecular flexibility index (Phi) is 7.33. The highest BCUT2D eigenvalue weighted by Gasteiger charge is 2.23. The molecule has 0 saturated heterocycles. The summed E-state index contributed by atoms with van der Waals surface area (Å²) >= 11 is 1.84. The van der Waals surface area contributed by atoms with Gasteiger partial charge in [-0.25, -0.2) is 9.97 Å². The maximum absolute atomic E-state index is 6.75. The maximum Gasteiger partial charge on any atom is 0.180 e. The molecule has 0 aliphatic rings. The molecule has 6 heteroatoms. The molecule has 5 nitrogen and oxygen atoms in total. The molecule has 0 saturated carbocycles. The highest BCUT2D eigenvalue weighted by molar-refractivity contribution is 7.25. The van der Waals surface area contributed by atoms with Crippen LogP contribution in [0.3, 0.4) is 0 Å². The molecule has 58 heavy (non-hydrogen) atoms. The molecule has 0 amide bonds. The number of benzene rings is 8. The van der Waals surface area contributed by atoms with Gasteiger partial charge in [-0.1, -0.05) is 115 Å². The van der Waals surface area contributed by atoms with E-state index >= 15 is 0 Å². The van der Waals surface area contributed by atoms with Crippen LogP contribution in [0.15, 0.2) is 197 Å². The molecule has 272 valence electrons. The van der Waals surface area contributed by atoms with E-state index in [-0.39, 0.29) is 0 Å². The van der Waals surface area contributed by atoms with Crippen molar-refractivity contribution in [3.63, 3.8) is 0 Å². The Labute approximate surface area is 336 Å². The number of para-hydroxylation sites is 3. The molecule has 0 unspecified atom stereocenters. The second-order valence-corrected chi connectivity index (χ2v) is 15.6. The van der Waals surface area contributed by atoms with Crippen molar-refractivity contribution in [2.75, 3.05) is 4.90 Å². The number of aromatic nitrogens is 2. The average Bonchev–Trinajstić information content (AvgIpc) is 3.99. The molecule has 0 N–H and O–H groups in total. The van der Waals surface area contributed by atoms with Gasteiger partial charge in [0.25, 0.3) is 0 Å². The molecule has 0 fully saturated rings. The lowest BCUT2D eigenvalue weighted by Crippen LogP contribution is -2.09. The van der Waals surface area contributed by atoms with E-state index in [4.69, 9.17) is 18.8 Å². The number of furan rings is 2. The molecule has 0 spiro atoms. The van der Waals surface area contributed by atoms with Gasteiger partial charge in [-0.05, 0) is 83.9 Å². The van der Waals surface area contributed by atoms with E-state index in [9.17, 15) is 0 Å². The van der Waals surface area contributed by atoms with E-state index in [1.807, 2.05) is 59.9 Å². The lowest BCUT2D eigenvalue weighted by Gasteiger charge is -2.26. The molecular weight excluding hydrogens is 731 g/mol. The number of hydrogen-bond acceptors (Lipinski definition) is 6. The average molecular weight is 762 g/mol. The molecule has 0 aliphatic carbocycles. The zero-order valence-electron chi connectivity index (χ0n) is 31.0. The molecule has 0 atom stereocenters. The minimum atomic E-state index is 0.581. The Morgan fingerprint density at radius 1 is 0.414 bits per heavy atom. The molecule has 0 radical (unpaired) electrons. The van der Waals surface area contributed by atoms with E-state index in [2.05, 4.69) is 144 Å². The summed E-state index contributed by atoms with van der Waals surface area (Å²) in [5, 5.41) is 5.57. The summed E-state index contributed by atoms with van der Waals surface area (Å²) in [5.41, 5.74) is 11.7. The normalized spacial score (nSPS) is 11.8. The lowest BCUT2D eigenvalue weighted by atomic mass is 9.96. The first-order chi connectivity index (χ1) is 28.7. The number of rotatable bonds is 6. The number of hydrogen-bond donors (Lipinski definition) is 0. The van der Waals surface area contributed by atoms with Gasteiger partial charge in [0.15, 0.2) is 11.4 Å². The summed E-state index contributed by atoms with van der Waals surface area (Å²) in [4.78, 5) is 12.7. The van der Waals surface area contributed by atoms with Gasteiger partial charge in [0.05, 0.1) is 5.56 Å². The van der Waals surface area contributed by atoms with Crippen LogP contribution >= 0.6 is 11.3 Å². The fourth-order valence-corrected chi connectivity index (χ4v) is 9.50. The molecule has 12 aromatic rings. The van der Waals surface area contributed by atoms with Crippen molar-refractivity contribution in [2.24, 2.45) is 0 Å². The first-order valence-corrected chi connectivity index (χ1v) is 20.1. The molecule has 0 aliphatic heterocycles. The predicted octanol–water partition coefficient (Wildman–Crippen LogP) is 15.1. The van der Waals surface area contributed by atoms with Crippen molar-refractivity contribution >= 4 is 92.6 Å². The third-order valence-corrected chi connectivity index (χ3v) is 12.3. The first kappa shape index (κ1) is 32.7. The van der Waals surface area contributed by atoms with Crippen LogP contribution in [0.1, 0.15) is 0 Å². The van der Waals surface area contributed by atoms with Crippen LogP contribution in [0.25, 0.3) is 98.0 Å². The van der Waals surface area contributed by atoms with Crippen LogP contribution in [0, 0.1) is 0 Å². The van der Waals surface area contributed by atoms with Gasteiger partial charge in [-0.3, -0.25) is 0 Å². The van der Waals surface area contributed by atoms with Crippen LogP contribution in [-0.4, -0.2) is 9.97 Å². The molecule has 8 aromatic carbocycles. The Morgan fingerprint density at radius 3 is 1.83 bits per heavy atom. The van der Waals surface area contributed by atoms with E-state index in [0.717, 1.165) is 83.4 Å². The predicted molar refractivity (Wildman–Crippen MR) is 240 cm³/mol. The molecule has 12 rings (SSSR count). The standard InChI is InChI=1S/C52H31N3O2S/c1-3-13-33(14-4-1)48-51-49(40-19-8-11-21-44(40)57-51)54-52(53-48)41-29-28-37(47-39-18-7-10-20-43(39)56-50(41)47)32-23-25-35(26-24-32)55(34-15-5-2-6-16-34)36-27-30-46-42(31-36)38-17-9-12-22-45(38)58-46/h1-31H. The largest absolute Gasteiger partial charge is 0.455 e. The van der Waals surface area contributed by atoms with Gasteiger partial charge in [0.1, 0.15) is 28.0 Å². The van der Waals surface area contributed by atoms with Gasteiger partial charge < -0.3 is 13.7 Å². The number of nitrogens with zero attached hydrogens (tertiary/aromatic N) is 3. The third-order valence-electron chi connectivity index (χ3n) is 11.1. The summed E-state index contributed by atoms with van der Waals surface area (Å²) in [5.74, 6) is 0.581. The Hall–Kier alpha value is -7.54. The Balaban J connectivity index is 1.02. The minimum Gasteiger partial charge on any atom is -0.455 e. The second kappa shape index (κ2) is 13.0. The van der Waals surface area contributed by atoms with Crippen LogP contribution in [0.4, 0.5) is 17.1 Å². The highest BCUT2D eigenvalue weighted by atomic mass is 32.1. The molecule has 4 aromatic heterocycles. The van der Waals surface area contributed by atoms with Gasteiger partial charge in [0.2, 0.25) is 0 Å². The zero-order chi connectivity index (χ0) is 38.2. The Morgan fingerprint density at radius 2 is 1.02 bits per heavy atom. The maximum atomic E-state index is 6.75. The summed E-state index contributed by atoms with van der Waals surface area (Å²) in [6, 6.07) is 65.6. The third kappa shape index (κ3) is 5.16. The fraction of sp³-hybridized carbons (Fsp3) is 0. The number of thiophene rings is 1. The Bertz CT molecular complexity index is 3510. The minimum absolute atomic E-state index is 0.581. The van der Waals surface area contributed by atoms with Crippen molar-refractivity contribution in [1.82, 2.24) is 9.97 Å². The quantitative estimate of drug-likeness (QED) is 0.169. The fourth-order valence-electron chi connectivity index (χ4n) is 8.42. The molecule has 4 heterocycles. The SMILES string of the molecule is c1ccc(-c2nc(-c3ccc(-c4ccc(N(c5ccccc5)c5ccc6sc7ccccc7c6c5)cc4)c4c3oc3ccccc34)nc3c2oc2ccccc23)cc1. The monoisotopic (exact) mass is 761 g/mol. The van der Waals surface area contributed by atoms with Crippen LogP contribution in [0.2, 0.25) is 0 Å². The van der Waals surface area contributed by atoms with Crippen molar-refractivity contribution in [3.05, 3.63) is 188 Å². The van der Waals surface area contributed by atoms with Gasteiger partial charge in [-0.2, -0.15) is 0 Å². The second-order valence-electron chi connectivity index (χ2n) is 14.5. The van der Waals surface area contributed by atoms with Crippen molar-refractivity contribution in [1.29, 1.82) is 0 Å². The van der Waals surface area contributed by atoms with Crippen molar-refractivity contribution in [2.45, 2.75) is 0 Å². The smallest absolute Gasteiger partial charge is 0.180 e. The van der Waals surface area contributed by atoms with Crippen LogP contribution in [0.5, 0.6) is 0 Å². The first-order valence-electron chi connectivity index (χ1n) is 19.3. The number of anilines is 3. The summed E-state index contributed by atoms with van der Waals surface area (Å²) < 4.78 is 15.7. The summed E-state index contributed by atoms with van der Waals surface area (Å²) in [6.45, 7) is 0. The van der Waals surface area contributed by atoms with E-state index in [0.29, 0.717) is 11.4 Å².